The molecular formula is C22H26N4O2S2. The molecule has 158 valence electrons. The van der Waals surface area contributed by atoms with Gasteiger partial charge in [-0.3, -0.25) is 4.72 Å². The van der Waals surface area contributed by atoms with Gasteiger partial charge in [-0.15, -0.1) is 21.5 Å². The van der Waals surface area contributed by atoms with Crippen molar-refractivity contribution in [2.45, 2.75) is 43.2 Å². The molecule has 30 heavy (non-hydrogen) atoms. The predicted octanol–water partition coefficient (Wildman–Crippen LogP) is 4.95. The monoisotopic (exact) mass is 442 g/mol. The molecule has 0 aliphatic carbocycles. The first kappa shape index (κ1) is 20.8. The number of hydrogen-bond acceptors (Lipinski definition) is 6. The van der Waals surface area contributed by atoms with Crippen molar-refractivity contribution in [3.05, 3.63) is 53.4 Å². The van der Waals surface area contributed by atoms with Gasteiger partial charge in [-0.05, 0) is 55.7 Å². The maximum atomic E-state index is 12.6. The standard InChI is InChI=1S/C22H26N4O2S2/c1-2-19-11-14-22(29-19)30(27,28)25-18-9-7-17(8-10-18)20-12-13-21(24-23-20)26-15-5-3-4-6-16-26/h7-14,25H,2-6,15-16H2,1H3. The Morgan fingerprint density at radius 3 is 2.27 bits per heavy atom. The first-order valence-corrected chi connectivity index (χ1v) is 12.7. The molecule has 0 radical (unpaired) electrons. The Kier molecular flexibility index (Phi) is 6.34. The summed E-state index contributed by atoms with van der Waals surface area (Å²) in [7, 11) is -3.57. The number of benzene rings is 1. The number of nitrogens with one attached hydrogen (secondary N) is 1. The molecule has 8 heteroatoms. The quantitative estimate of drug-likeness (QED) is 0.585. The normalized spacial score (nSPS) is 15.0. The molecule has 4 rings (SSSR count). The lowest BCUT2D eigenvalue weighted by Crippen LogP contribution is -2.25. The second-order valence-corrected chi connectivity index (χ2v) is 10.5. The van der Waals surface area contributed by atoms with Crippen molar-refractivity contribution in [3.63, 3.8) is 0 Å². The van der Waals surface area contributed by atoms with E-state index in [1.807, 2.05) is 37.3 Å². The molecule has 1 N–H and O–H groups in total. The fourth-order valence-electron chi connectivity index (χ4n) is 3.55. The number of aryl methyl sites for hydroxylation is 1. The molecule has 0 amide bonds. The summed E-state index contributed by atoms with van der Waals surface area (Å²) in [5, 5.41) is 8.81. The molecule has 1 aliphatic rings. The zero-order chi connectivity index (χ0) is 21.0. The van der Waals surface area contributed by atoms with E-state index in [1.165, 1.54) is 37.0 Å². The summed E-state index contributed by atoms with van der Waals surface area (Å²) < 4.78 is 28.1. The second-order valence-electron chi connectivity index (χ2n) is 7.44. The third-order valence-electron chi connectivity index (χ3n) is 5.26. The molecule has 3 aromatic rings. The molecule has 1 saturated heterocycles. The Labute approximate surface area is 182 Å². The Bertz CT molecular complexity index is 1070. The number of hydrogen-bond donors (Lipinski definition) is 1. The van der Waals surface area contributed by atoms with E-state index in [9.17, 15) is 8.42 Å². The van der Waals surface area contributed by atoms with Gasteiger partial charge >= 0.3 is 0 Å². The lowest BCUT2D eigenvalue weighted by molar-refractivity contribution is 0.603. The van der Waals surface area contributed by atoms with Crippen molar-refractivity contribution in [2.24, 2.45) is 0 Å². The van der Waals surface area contributed by atoms with Crippen LogP contribution in [0.15, 0.2) is 52.7 Å². The molecule has 6 nitrogen and oxygen atoms in total. The molecular weight excluding hydrogens is 416 g/mol. The van der Waals surface area contributed by atoms with Gasteiger partial charge < -0.3 is 4.90 Å². The second kappa shape index (κ2) is 9.14. The highest BCUT2D eigenvalue weighted by Gasteiger charge is 2.17. The first-order valence-electron chi connectivity index (χ1n) is 10.4. The fraction of sp³-hybridized carbons (Fsp3) is 0.364. The minimum Gasteiger partial charge on any atom is -0.355 e. The number of aromatic nitrogens is 2. The highest BCUT2D eigenvalue weighted by atomic mass is 32.2. The predicted molar refractivity (Wildman–Crippen MR) is 123 cm³/mol. The zero-order valence-corrected chi connectivity index (χ0v) is 18.7. The van der Waals surface area contributed by atoms with Crippen LogP contribution in [0, 0.1) is 0 Å². The third kappa shape index (κ3) is 4.82. The Balaban J connectivity index is 1.45. The van der Waals surface area contributed by atoms with E-state index in [1.54, 1.807) is 18.2 Å². The van der Waals surface area contributed by atoms with E-state index in [0.29, 0.717) is 9.90 Å². The molecule has 0 unspecified atom stereocenters. The van der Waals surface area contributed by atoms with Crippen LogP contribution in [0.5, 0.6) is 0 Å². The van der Waals surface area contributed by atoms with Gasteiger partial charge in [0.05, 0.1) is 5.69 Å². The average molecular weight is 443 g/mol. The van der Waals surface area contributed by atoms with Crippen LogP contribution in [0.4, 0.5) is 11.5 Å². The van der Waals surface area contributed by atoms with Crippen LogP contribution in [0.3, 0.4) is 0 Å². The molecule has 3 heterocycles. The van der Waals surface area contributed by atoms with Gasteiger partial charge in [-0.25, -0.2) is 8.42 Å². The van der Waals surface area contributed by atoms with E-state index < -0.39 is 10.0 Å². The Morgan fingerprint density at radius 2 is 1.67 bits per heavy atom. The van der Waals surface area contributed by atoms with Crippen molar-refractivity contribution in [1.29, 1.82) is 0 Å². The van der Waals surface area contributed by atoms with Crippen LogP contribution < -0.4 is 9.62 Å². The Hall–Kier alpha value is -2.45. The molecule has 1 aliphatic heterocycles. The lowest BCUT2D eigenvalue weighted by Gasteiger charge is -2.20. The van der Waals surface area contributed by atoms with E-state index in [4.69, 9.17) is 0 Å². The number of thiophene rings is 1. The maximum Gasteiger partial charge on any atom is 0.271 e. The summed E-state index contributed by atoms with van der Waals surface area (Å²) in [5.41, 5.74) is 2.20. The van der Waals surface area contributed by atoms with Crippen molar-refractivity contribution in [3.8, 4) is 11.3 Å². The summed E-state index contributed by atoms with van der Waals surface area (Å²) in [6.07, 6.45) is 5.79. The van der Waals surface area contributed by atoms with Crippen LogP contribution in [0.2, 0.25) is 0 Å². The van der Waals surface area contributed by atoms with Crippen molar-refractivity contribution < 1.29 is 8.42 Å². The smallest absolute Gasteiger partial charge is 0.271 e. The molecule has 0 atom stereocenters. The summed E-state index contributed by atoms with van der Waals surface area (Å²) in [6, 6.07) is 14.7. The van der Waals surface area contributed by atoms with E-state index in [-0.39, 0.29) is 0 Å². The average Bonchev–Trinajstić information content (AvgIpc) is 3.10. The molecule has 1 fully saturated rings. The van der Waals surface area contributed by atoms with E-state index in [2.05, 4.69) is 19.8 Å². The minimum atomic E-state index is -3.57. The summed E-state index contributed by atoms with van der Waals surface area (Å²) >= 11 is 1.30. The van der Waals surface area contributed by atoms with Gasteiger partial charge in [-0.2, -0.15) is 0 Å². The van der Waals surface area contributed by atoms with E-state index >= 15 is 0 Å². The summed E-state index contributed by atoms with van der Waals surface area (Å²) in [6.45, 7) is 4.08. The molecule has 0 saturated carbocycles. The van der Waals surface area contributed by atoms with Crippen LogP contribution in [0.25, 0.3) is 11.3 Å². The molecule has 0 bridgehead atoms. The summed E-state index contributed by atoms with van der Waals surface area (Å²) in [5.74, 6) is 0.924. The molecule has 2 aromatic heterocycles. The minimum absolute atomic E-state index is 0.332. The number of sulfonamides is 1. The van der Waals surface area contributed by atoms with Gasteiger partial charge in [-0.1, -0.05) is 31.9 Å². The highest BCUT2D eigenvalue weighted by Crippen LogP contribution is 2.26. The van der Waals surface area contributed by atoms with Crippen LogP contribution in [0.1, 0.15) is 37.5 Å². The third-order valence-corrected chi connectivity index (χ3v) is 8.37. The lowest BCUT2D eigenvalue weighted by atomic mass is 10.1. The maximum absolute atomic E-state index is 12.6. The van der Waals surface area contributed by atoms with E-state index in [0.717, 1.165) is 41.5 Å². The zero-order valence-electron chi connectivity index (χ0n) is 17.0. The number of anilines is 2. The fourth-order valence-corrected chi connectivity index (χ4v) is 5.91. The highest BCUT2D eigenvalue weighted by molar-refractivity contribution is 7.94. The largest absolute Gasteiger partial charge is 0.355 e. The summed E-state index contributed by atoms with van der Waals surface area (Å²) in [4.78, 5) is 3.35. The van der Waals surface area contributed by atoms with Gasteiger partial charge in [0, 0.05) is 29.2 Å². The number of nitrogens with zero attached hydrogens (tertiary/aromatic N) is 3. The van der Waals surface area contributed by atoms with Crippen molar-refractivity contribution in [1.82, 2.24) is 10.2 Å². The van der Waals surface area contributed by atoms with Crippen LogP contribution in [-0.4, -0.2) is 31.7 Å². The number of rotatable bonds is 6. The SMILES string of the molecule is CCc1ccc(S(=O)(=O)Nc2ccc(-c3ccc(N4CCCCCC4)nn3)cc2)s1. The van der Waals surface area contributed by atoms with Gasteiger partial charge in [0.2, 0.25) is 0 Å². The van der Waals surface area contributed by atoms with Crippen LogP contribution >= 0.6 is 11.3 Å². The van der Waals surface area contributed by atoms with Crippen molar-refractivity contribution in [2.75, 3.05) is 22.7 Å². The molecule has 0 spiro atoms. The van der Waals surface area contributed by atoms with Gasteiger partial charge in [0.1, 0.15) is 4.21 Å². The topological polar surface area (TPSA) is 75.2 Å². The van der Waals surface area contributed by atoms with Gasteiger partial charge in [0.25, 0.3) is 10.0 Å². The van der Waals surface area contributed by atoms with Crippen molar-refractivity contribution >= 4 is 32.9 Å². The Morgan fingerprint density at radius 1 is 0.933 bits per heavy atom. The van der Waals surface area contributed by atoms with Gasteiger partial charge in [0.15, 0.2) is 5.82 Å². The first-order chi connectivity index (χ1) is 14.5. The van der Waals surface area contributed by atoms with Crippen LogP contribution in [-0.2, 0) is 16.4 Å². The molecule has 1 aromatic carbocycles.